The molecular weight excluding hydrogens is 425 g/mol. The third kappa shape index (κ3) is 5.28. The number of carbonyl (C=O) groups excluding carboxylic acids is 2. The zero-order valence-corrected chi connectivity index (χ0v) is 17.9. The number of halogens is 2. The van der Waals surface area contributed by atoms with Gasteiger partial charge in [-0.3, -0.25) is 4.79 Å². The molecule has 0 radical (unpaired) electrons. The minimum atomic E-state index is -0.648. The molecule has 0 spiro atoms. The standard InChI is InChI=1S/C22H19Cl2N3O3/c1-14-22(15(2)27(26-14)17-6-4-3-5-7-17)25-20(28)13-30-21(29)11-9-16-8-10-18(23)19(24)12-16/h3-12H,13H2,1-2H3,(H,25,28)/b11-9+. The van der Waals surface area contributed by atoms with Crippen LogP contribution in [0.5, 0.6) is 0 Å². The Labute approximate surface area is 184 Å². The monoisotopic (exact) mass is 443 g/mol. The average molecular weight is 444 g/mol. The molecule has 2 aromatic carbocycles. The molecule has 0 aliphatic rings. The molecular formula is C22H19Cl2N3O3. The number of hydrogen-bond acceptors (Lipinski definition) is 4. The number of benzene rings is 2. The number of carbonyl (C=O) groups is 2. The second-order valence-electron chi connectivity index (χ2n) is 6.46. The van der Waals surface area contributed by atoms with Gasteiger partial charge in [-0.25, -0.2) is 9.48 Å². The highest BCUT2D eigenvalue weighted by Crippen LogP contribution is 2.24. The highest BCUT2D eigenvalue weighted by molar-refractivity contribution is 6.42. The van der Waals surface area contributed by atoms with Gasteiger partial charge < -0.3 is 10.1 Å². The molecule has 0 saturated carbocycles. The summed E-state index contributed by atoms with van der Waals surface area (Å²) in [5.41, 5.74) is 3.60. The number of aromatic nitrogens is 2. The topological polar surface area (TPSA) is 73.2 Å². The van der Waals surface area contributed by atoms with Gasteiger partial charge in [-0.15, -0.1) is 0 Å². The van der Waals surface area contributed by atoms with E-state index >= 15 is 0 Å². The van der Waals surface area contributed by atoms with Crippen molar-refractivity contribution in [1.82, 2.24) is 9.78 Å². The summed E-state index contributed by atoms with van der Waals surface area (Å²) in [6.45, 7) is 3.24. The number of esters is 1. The van der Waals surface area contributed by atoms with E-state index in [0.717, 1.165) is 11.4 Å². The Morgan fingerprint density at radius 2 is 1.83 bits per heavy atom. The maximum absolute atomic E-state index is 12.2. The lowest BCUT2D eigenvalue weighted by Crippen LogP contribution is -2.20. The van der Waals surface area contributed by atoms with Crippen molar-refractivity contribution >= 4 is 46.8 Å². The summed E-state index contributed by atoms with van der Waals surface area (Å²) in [5.74, 6) is -1.10. The Kier molecular flexibility index (Phi) is 6.92. The van der Waals surface area contributed by atoms with Crippen LogP contribution < -0.4 is 5.32 Å². The summed E-state index contributed by atoms with van der Waals surface area (Å²) in [6, 6.07) is 14.5. The van der Waals surface area contributed by atoms with Crippen LogP contribution in [-0.4, -0.2) is 28.3 Å². The fourth-order valence-corrected chi connectivity index (χ4v) is 3.09. The molecule has 6 nitrogen and oxygen atoms in total. The number of amides is 1. The first-order valence-electron chi connectivity index (χ1n) is 9.06. The van der Waals surface area contributed by atoms with Crippen LogP contribution in [0.25, 0.3) is 11.8 Å². The lowest BCUT2D eigenvalue weighted by molar-refractivity contribution is -0.142. The number of nitrogens with zero attached hydrogens (tertiary/aromatic N) is 2. The maximum atomic E-state index is 12.2. The van der Waals surface area contributed by atoms with Gasteiger partial charge in [0.25, 0.3) is 5.91 Å². The predicted octanol–water partition coefficient (Wildman–Crippen LogP) is 4.99. The second kappa shape index (κ2) is 9.61. The van der Waals surface area contributed by atoms with Crippen molar-refractivity contribution < 1.29 is 14.3 Å². The summed E-state index contributed by atoms with van der Waals surface area (Å²) in [4.78, 5) is 24.1. The maximum Gasteiger partial charge on any atom is 0.331 e. The van der Waals surface area contributed by atoms with E-state index in [0.29, 0.717) is 27.0 Å². The molecule has 1 heterocycles. The van der Waals surface area contributed by atoms with Gasteiger partial charge in [-0.1, -0.05) is 47.5 Å². The van der Waals surface area contributed by atoms with Crippen molar-refractivity contribution in [2.24, 2.45) is 0 Å². The fourth-order valence-electron chi connectivity index (χ4n) is 2.78. The van der Waals surface area contributed by atoms with Crippen LogP contribution in [-0.2, 0) is 14.3 Å². The summed E-state index contributed by atoms with van der Waals surface area (Å²) in [6.07, 6.45) is 2.75. The van der Waals surface area contributed by atoms with Crippen LogP contribution in [0.3, 0.4) is 0 Å². The van der Waals surface area contributed by atoms with Crippen LogP contribution in [0, 0.1) is 13.8 Å². The number of ether oxygens (including phenoxy) is 1. The normalized spacial score (nSPS) is 10.9. The number of rotatable bonds is 6. The summed E-state index contributed by atoms with van der Waals surface area (Å²) in [7, 11) is 0. The van der Waals surface area contributed by atoms with Crippen molar-refractivity contribution in [1.29, 1.82) is 0 Å². The van der Waals surface area contributed by atoms with Gasteiger partial charge in [-0.2, -0.15) is 5.10 Å². The lowest BCUT2D eigenvalue weighted by atomic mass is 10.2. The zero-order chi connectivity index (χ0) is 21.7. The Morgan fingerprint density at radius 3 is 2.53 bits per heavy atom. The van der Waals surface area contributed by atoms with Crippen LogP contribution in [0.2, 0.25) is 10.0 Å². The molecule has 3 rings (SSSR count). The lowest BCUT2D eigenvalue weighted by Gasteiger charge is -2.07. The van der Waals surface area contributed by atoms with E-state index in [1.54, 1.807) is 29.8 Å². The summed E-state index contributed by atoms with van der Waals surface area (Å²) < 4.78 is 6.75. The molecule has 0 fully saturated rings. The SMILES string of the molecule is Cc1nn(-c2ccccc2)c(C)c1NC(=O)COC(=O)/C=C/c1ccc(Cl)c(Cl)c1. The smallest absolute Gasteiger partial charge is 0.331 e. The van der Waals surface area contributed by atoms with E-state index in [1.807, 2.05) is 37.3 Å². The minimum absolute atomic E-state index is 0.383. The molecule has 154 valence electrons. The zero-order valence-electron chi connectivity index (χ0n) is 16.4. The first kappa shape index (κ1) is 21.6. The fraction of sp³-hybridized carbons (Fsp3) is 0.136. The average Bonchev–Trinajstić information content (AvgIpc) is 3.02. The molecule has 8 heteroatoms. The van der Waals surface area contributed by atoms with E-state index in [1.165, 1.54) is 12.2 Å². The molecule has 0 atom stereocenters. The van der Waals surface area contributed by atoms with Gasteiger partial charge in [-0.05, 0) is 49.8 Å². The van der Waals surface area contributed by atoms with Crippen LogP contribution in [0.15, 0.2) is 54.6 Å². The number of nitrogens with one attached hydrogen (secondary N) is 1. The minimum Gasteiger partial charge on any atom is -0.452 e. The van der Waals surface area contributed by atoms with E-state index in [9.17, 15) is 9.59 Å². The quantitative estimate of drug-likeness (QED) is 0.430. The third-order valence-corrected chi connectivity index (χ3v) is 5.00. The van der Waals surface area contributed by atoms with E-state index in [4.69, 9.17) is 27.9 Å². The van der Waals surface area contributed by atoms with E-state index in [2.05, 4.69) is 10.4 Å². The second-order valence-corrected chi connectivity index (χ2v) is 7.27. The molecule has 0 aliphatic heterocycles. The molecule has 1 N–H and O–H groups in total. The molecule has 0 bridgehead atoms. The Hall–Kier alpha value is -3.09. The molecule has 0 aliphatic carbocycles. The van der Waals surface area contributed by atoms with Gasteiger partial charge in [0.05, 0.1) is 32.8 Å². The van der Waals surface area contributed by atoms with Crippen molar-refractivity contribution in [3.63, 3.8) is 0 Å². The first-order chi connectivity index (χ1) is 14.3. The predicted molar refractivity (Wildman–Crippen MR) is 118 cm³/mol. The van der Waals surface area contributed by atoms with E-state index < -0.39 is 18.5 Å². The molecule has 0 saturated heterocycles. The summed E-state index contributed by atoms with van der Waals surface area (Å²) in [5, 5.41) is 8.03. The van der Waals surface area contributed by atoms with Gasteiger partial charge in [0.2, 0.25) is 0 Å². The van der Waals surface area contributed by atoms with Gasteiger partial charge in [0, 0.05) is 6.08 Å². The Balaban J connectivity index is 1.58. The number of anilines is 1. The number of aryl methyl sites for hydroxylation is 1. The highest BCUT2D eigenvalue weighted by Gasteiger charge is 2.16. The molecule has 1 amide bonds. The van der Waals surface area contributed by atoms with Gasteiger partial charge in [0.15, 0.2) is 6.61 Å². The van der Waals surface area contributed by atoms with Crippen molar-refractivity contribution in [2.75, 3.05) is 11.9 Å². The largest absolute Gasteiger partial charge is 0.452 e. The number of hydrogen-bond donors (Lipinski definition) is 1. The molecule has 30 heavy (non-hydrogen) atoms. The summed E-state index contributed by atoms with van der Waals surface area (Å²) >= 11 is 11.8. The first-order valence-corrected chi connectivity index (χ1v) is 9.82. The van der Waals surface area contributed by atoms with Gasteiger partial charge in [0.1, 0.15) is 0 Å². The van der Waals surface area contributed by atoms with Crippen LogP contribution >= 0.6 is 23.2 Å². The molecule has 1 aromatic heterocycles. The van der Waals surface area contributed by atoms with Crippen LogP contribution in [0.4, 0.5) is 5.69 Å². The van der Waals surface area contributed by atoms with Gasteiger partial charge >= 0.3 is 5.97 Å². The third-order valence-electron chi connectivity index (χ3n) is 4.26. The highest BCUT2D eigenvalue weighted by atomic mass is 35.5. The van der Waals surface area contributed by atoms with Crippen molar-refractivity contribution in [2.45, 2.75) is 13.8 Å². The van der Waals surface area contributed by atoms with Crippen molar-refractivity contribution in [3.8, 4) is 5.69 Å². The molecule has 0 unspecified atom stereocenters. The van der Waals surface area contributed by atoms with Crippen molar-refractivity contribution in [3.05, 3.63) is 81.6 Å². The Morgan fingerprint density at radius 1 is 1.10 bits per heavy atom. The van der Waals surface area contributed by atoms with Crippen LogP contribution in [0.1, 0.15) is 17.0 Å². The number of para-hydroxylation sites is 1. The molecule has 3 aromatic rings. The van der Waals surface area contributed by atoms with E-state index in [-0.39, 0.29) is 0 Å². The Bertz CT molecular complexity index is 1110.